The van der Waals surface area contributed by atoms with Gasteiger partial charge in [-0.25, -0.2) is 13.2 Å². The summed E-state index contributed by atoms with van der Waals surface area (Å²) in [5, 5.41) is 24.2. The fraction of sp³-hybridized carbons (Fsp3) is 0.650. The van der Waals surface area contributed by atoms with Crippen LogP contribution in [0.1, 0.15) is 33.6 Å². The summed E-state index contributed by atoms with van der Waals surface area (Å²) in [7, 11) is -4.03. The highest BCUT2D eigenvalue weighted by Crippen LogP contribution is 2.21. The van der Waals surface area contributed by atoms with Crippen molar-refractivity contribution < 1.29 is 32.7 Å². The number of ether oxygens (including phenoxy) is 2. The molecule has 1 aliphatic rings. The number of carbonyl (C=O) groups excluding carboxylic acids is 1. The van der Waals surface area contributed by atoms with E-state index in [1.165, 1.54) is 12.1 Å². The highest BCUT2D eigenvalue weighted by Gasteiger charge is 2.31. The van der Waals surface area contributed by atoms with Crippen LogP contribution in [0.5, 0.6) is 0 Å². The lowest BCUT2D eigenvalue weighted by Gasteiger charge is -2.30. The molecule has 0 bridgehead atoms. The zero-order valence-electron chi connectivity index (χ0n) is 18.5. The van der Waals surface area contributed by atoms with Crippen molar-refractivity contribution in [2.24, 2.45) is 5.92 Å². The number of non-ortho nitro benzene ring substituents is 1. The zero-order chi connectivity index (χ0) is 23.9. The van der Waals surface area contributed by atoms with E-state index in [-0.39, 0.29) is 35.7 Å². The second kappa shape index (κ2) is 11.5. The van der Waals surface area contributed by atoms with Gasteiger partial charge in [-0.05, 0) is 24.5 Å². The molecule has 0 radical (unpaired) electrons. The van der Waals surface area contributed by atoms with Crippen molar-refractivity contribution in [2.45, 2.75) is 56.8 Å². The van der Waals surface area contributed by atoms with Gasteiger partial charge < -0.3 is 19.9 Å². The van der Waals surface area contributed by atoms with E-state index in [4.69, 9.17) is 9.47 Å². The number of rotatable bonds is 11. The van der Waals surface area contributed by atoms with Crippen molar-refractivity contribution >= 4 is 21.8 Å². The Hall–Kier alpha value is -2.28. The molecule has 1 fully saturated rings. The molecule has 1 saturated heterocycles. The van der Waals surface area contributed by atoms with Crippen molar-refractivity contribution in [3.63, 3.8) is 0 Å². The van der Waals surface area contributed by atoms with Crippen LogP contribution in [0.4, 0.5) is 10.5 Å². The molecule has 1 aliphatic heterocycles. The molecule has 180 valence electrons. The quantitative estimate of drug-likeness (QED) is 0.366. The fourth-order valence-corrected chi connectivity index (χ4v) is 4.94. The van der Waals surface area contributed by atoms with Crippen LogP contribution in [-0.4, -0.2) is 73.4 Å². The maximum atomic E-state index is 13.2. The van der Waals surface area contributed by atoms with Crippen molar-refractivity contribution in [1.29, 1.82) is 0 Å². The fourth-order valence-electron chi connectivity index (χ4n) is 3.32. The number of sulfonamides is 1. The maximum Gasteiger partial charge on any atom is 0.407 e. The molecule has 0 spiro atoms. The van der Waals surface area contributed by atoms with Crippen LogP contribution in [0.3, 0.4) is 0 Å². The number of nitro benzene ring substituents is 1. The van der Waals surface area contributed by atoms with E-state index in [0.717, 1.165) is 16.4 Å². The molecule has 32 heavy (non-hydrogen) atoms. The van der Waals surface area contributed by atoms with Gasteiger partial charge in [0.1, 0.15) is 6.10 Å². The van der Waals surface area contributed by atoms with Crippen molar-refractivity contribution in [3.8, 4) is 0 Å². The standard InChI is InChI=1S/C20H31N3O8S/c1-4-18(21-20(25)31-16-9-10-30-13-16)19(24)12-22(11-14(2)3)32(28,29)17-7-5-15(6-8-17)23(26)27/h5-8,14,16,18-19,24H,4,9-13H2,1-3H3,(H,21,25)/t16-,18-,19+/m0/s1. The topological polar surface area (TPSA) is 148 Å². The van der Waals surface area contributed by atoms with Crippen LogP contribution >= 0.6 is 0 Å². The Kier molecular flexibility index (Phi) is 9.37. The number of nitrogens with zero attached hydrogens (tertiary/aromatic N) is 2. The van der Waals surface area contributed by atoms with E-state index < -0.39 is 33.2 Å². The molecule has 1 aromatic carbocycles. The third-order valence-electron chi connectivity index (χ3n) is 5.01. The summed E-state index contributed by atoms with van der Waals surface area (Å²) >= 11 is 0. The molecular weight excluding hydrogens is 442 g/mol. The minimum absolute atomic E-state index is 0.0459. The molecule has 11 nitrogen and oxygen atoms in total. The van der Waals surface area contributed by atoms with Gasteiger partial charge in [0, 0.05) is 31.6 Å². The molecule has 12 heteroatoms. The smallest absolute Gasteiger partial charge is 0.407 e. The number of alkyl carbamates (subject to hydrolysis) is 1. The molecule has 2 N–H and O–H groups in total. The largest absolute Gasteiger partial charge is 0.444 e. The summed E-state index contributed by atoms with van der Waals surface area (Å²) in [6.45, 7) is 6.12. The Labute approximate surface area is 187 Å². The SMILES string of the molecule is CC[C@H](NC(=O)O[C@H]1CCOC1)[C@H](O)CN(CC(C)C)S(=O)(=O)c1ccc([N+](=O)[O-])cc1. The van der Waals surface area contributed by atoms with Gasteiger partial charge >= 0.3 is 6.09 Å². The molecule has 0 aliphatic carbocycles. The number of hydrogen-bond donors (Lipinski definition) is 2. The lowest BCUT2D eigenvalue weighted by molar-refractivity contribution is -0.384. The van der Waals surface area contributed by atoms with E-state index >= 15 is 0 Å². The summed E-state index contributed by atoms with van der Waals surface area (Å²) in [6, 6.07) is 3.85. The summed E-state index contributed by atoms with van der Waals surface area (Å²) in [6.07, 6.45) is -1.28. The monoisotopic (exact) mass is 473 g/mol. The molecule has 2 rings (SSSR count). The van der Waals surface area contributed by atoms with Gasteiger partial charge in [-0.3, -0.25) is 10.1 Å². The van der Waals surface area contributed by atoms with Crippen LogP contribution in [0.2, 0.25) is 0 Å². The average molecular weight is 474 g/mol. The van der Waals surface area contributed by atoms with Crippen molar-refractivity contribution in [1.82, 2.24) is 9.62 Å². The molecule has 1 aromatic rings. The summed E-state index contributed by atoms with van der Waals surface area (Å²) in [5.41, 5.74) is -0.221. The number of carbonyl (C=O) groups is 1. The molecular formula is C20H31N3O8S. The number of hydrogen-bond acceptors (Lipinski definition) is 8. The number of amides is 1. The Morgan fingerprint density at radius 3 is 2.50 bits per heavy atom. The molecule has 0 aromatic heterocycles. The van der Waals surface area contributed by atoms with Gasteiger partial charge in [0.25, 0.3) is 5.69 Å². The summed E-state index contributed by atoms with van der Waals surface area (Å²) in [4.78, 5) is 22.3. The van der Waals surface area contributed by atoms with Gasteiger partial charge in [-0.1, -0.05) is 20.8 Å². The van der Waals surface area contributed by atoms with Crippen LogP contribution in [0, 0.1) is 16.0 Å². The average Bonchev–Trinajstić information content (AvgIpc) is 3.24. The predicted octanol–water partition coefficient (Wildman–Crippen LogP) is 1.90. The van der Waals surface area contributed by atoms with E-state index in [0.29, 0.717) is 26.1 Å². The van der Waals surface area contributed by atoms with E-state index in [1.807, 2.05) is 13.8 Å². The first-order chi connectivity index (χ1) is 15.0. The van der Waals surface area contributed by atoms with Gasteiger partial charge in [0.15, 0.2) is 0 Å². The molecule has 1 amide bonds. The summed E-state index contributed by atoms with van der Waals surface area (Å²) < 4.78 is 37.9. The Bertz CT molecular complexity index is 869. The van der Waals surface area contributed by atoms with Crippen LogP contribution in [-0.2, 0) is 19.5 Å². The number of benzene rings is 1. The number of aliphatic hydroxyl groups excluding tert-OH is 1. The first kappa shape index (κ1) is 26.0. The van der Waals surface area contributed by atoms with Gasteiger partial charge in [-0.2, -0.15) is 4.31 Å². The van der Waals surface area contributed by atoms with Crippen LogP contribution in [0.15, 0.2) is 29.2 Å². The van der Waals surface area contributed by atoms with E-state index in [1.54, 1.807) is 6.92 Å². The van der Waals surface area contributed by atoms with Crippen LogP contribution in [0.25, 0.3) is 0 Å². The Balaban J connectivity index is 2.12. The predicted molar refractivity (Wildman–Crippen MR) is 116 cm³/mol. The van der Waals surface area contributed by atoms with Gasteiger partial charge in [-0.15, -0.1) is 0 Å². The van der Waals surface area contributed by atoms with Gasteiger partial charge in [0.2, 0.25) is 10.0 Å². The highest BCUT2D eigenvalue weighted by atomic mass is 32.2. The Morgan fingerprint density at radius 2 is 2.00 bits per heavy atom. The molecule has 0 unspecified atom stereocenters. The Morgan fingerprint density at radius 1 is 1.34 bits per heavy atom. The maximum absolute atomic E-state index is 13.2. The van der Waals surface area contributed by atoms with E-state index in [9.17, 15) is 28.4 Å². The zero-order valence-corrected chi connectivity index (χ0v) is 19.3. The number of nitrogens with one attached hydrogen (secondary N) is 1. The molecule has 3 atom stereocenters. The van der Waals surface area contributed by atoms with Crippen LogP contribution < -0.4 is 5.32 Å². The third kappa shape index (κ3) is 7.12. The second-order valence-corrected chi connectivity index (χ2v) is 10.0. The van der Waals surface area contributed by atoms with E-state index in [2.05, 4.69) is 5.32 Å². The van der Waals surface area contributed by atoms with Crippen molar-refractivity contribution in [2.75, 3.05) is 26.3 Å². The molecule has 0 saturated carbocycles. The number of aliphatic hydroxyl groups is 1. The first-order valence-electron chi connectivity index (χ1n) is 10.5. The lowest BCUT2D eigenvalue weighted by Crippen LogP contribution is -2.50. The first-order valence-corrected chi connectivity index (χ1v) is 12.0. The number of nitro groups is 1. The minimum Gasteiger partial charge on any atom is -0.444 e. The summed E-state index contributed by atoms with van der Waals surface area (Å²) in [5.74, 6) is -0.0459. The highest BCUT2D eigenvalue weighted by molar-refractivity contribution is 7.89. The minimum atomic E-state index is -4.03. The van der Waals surface area contributed by atoms with Gasteiger partial charge in [0.05, 0.1) is 35.2 Å². The third-order valence-corrected chi connectivity index (χ3v) is 6.86. The molecule has 1 heterocycles. The normalized spacial score (nSPS) is 18.5. The van der Waals surface area contributed by atoms with Crippen molar-refractivity contribution in [3.05, 3.63) is 34.4 Å². The lowest BCUT2D eigenvalue weighted by atomic mass is 10.1. The second-order valence-electron chi connectivity index (χ2n) is 8.08.